The first-order valence-electron chi connectivity index (χ1n) is 8.89. The lowest BCUT2D eigenvalue weighted by atomic mass is 9.86. The van der Waals surface area contributed by atoms with Gasteiger partial charge in [-0.3, -0.25) is 4.90 Å². The second kappa shape index (κ2) is 6.76. The topological polar surface area (TPSA) is 38.5 Å². The van der Waals surface area contributed by atoms with Crippen LogP contribution in [-0.4, -0.2) is 42.3 Å². The Kier molecular flexibility index (Phi) is 5.00. The molecule has 0 aromatic rings. The zero-order valence-corrected chi connectivity index (χ0v) is 13.0. The monoisotopic (exact) mass is 280 g/mol. The maximum Gasteiger partial charge on any atom is 0.0659 e. The van der Waals surface area contributed by atoms with Crippen LogP contribution < -0.4 is 5.73 Å². The first kappa shape index (κ1) is 14.8. The molecule has 0 radical (unpaired) electrons. The Hall–Kier alpha value is -0.120. The summed E-state index contributed by atoms with van der Waals surface area (Å²) in [6.07, 6.45) is 15.2. The van der Waals surface area contributed by atoms with E-state index in [2.05, 4.69) is 4.90 Å². The minimum atomic E-state index is -0.0745. The fourth-order valence-corrected chi connectivity index (χ4v) is 4.49. The van der Waals surface area contributed by atoms with Crippen LogP contribution in [0.3, 0.4) is 0 Å². The first-order chi connectivity index (χ1) is 9.77. The maximum absolute atomic E-state index is 6.61. The lowest BCUT2D eigenvalue weighted by Crippen LogP contribution is -2.57. The molecule has 3 rings (SSSR count). The molecular formula is C17H32N2O. The quantitative estimate of drug-likeness (QED) is 0.860. The maximum atomic E-state index is 6.61. The highest BCUT2D eigenvalue weighted by Crippen LogP contribution is 2.32. The van der Waals surface area contributed by atoms with Gasteiger partial charge in [-0.25, -0.2) is 0 Å². The van der Waals surface area contributed by atoms with E-state index in [9.17, 15) is 0 Å². The summed E-state index contributed by atoms with van der Waals surface area (Å²) >= 11 is 0. The van der Waals surface area contributed by atoms with E-state index in [-0.39, 0.29) is 5.54 Å². The van der Waals surface area contributed by atoms with Crippen LogP contribution in [0.5, 0.6) is 0 Å². The summed E-state index contributed by atoms with van der Waals surface area (Å²) in [6, 6.07) is 1.60. The van der Waals surface area contributed by atoms with Crippen molar-refractivity contribution in [3.05, 3.63) is 0 Å². The molecule has 2 aliphatic carbocycles. The summed E-state index contributed by atoms with van der Waals surface area (Å²) in [4.78, 5) is 2.83. The van der Waals surface area contributed by atoms with E-state index in [1.54, 1.807) is 0 Å². The molecule has 2 saturated carbocycles. The Morgan fingerprint density at radius 1 is 0.900 bits per heavy atom. The van der Waals surface area contributed by atoms with Gasteiger partial charge in [-0.05, 0) is 32.1 Å². The van der Waals surface area contributed by atoms with E-state index in [4.69, 9.17) is 10.5 Å². The average molecular weight is 280 g/mol. The summed E-state index contributed by atoms with van der Waals surface area (Å²) in [7, 11) is 0. The van der Waals surface area contributed by atoms with Gasteiger partial charge < -0.3 is 10.5 Å². The van der Waals surface area contributed by atoms with E-state index in [0.717, 1.165) is 38.3 Å². The van der Waals surface area contributed by atoms with Gasteiger partial charge in [0.1, 0.15) is 0 Å². The molecule has 2 N–H and O–H groups in total. The second-order valence-electron chi connectivity index (χ2n) is 7.42. The van der Waals surface area contributed by atoms with Crippen molar-refractivity contribution in [2.24, 2.45) is 5.73 Å². The number of nitrogens with zero attached hydrogens (tertiary/aromatic N) is 1. The molecule has 1 heterocycles. The van der Waals surface area contributed by atoms with Crippen LogP contribution in [0.4, 0.5) is 0 Å². The number of hydrogen-bond donors (Lipinski definition) is 1. The molecule has 0 bridgehead atoms. The lowest BCUT2D eigenvalue weighted by molar-refractivity contribution is 0.0525. The van der Waals surface area contributed by atoms with Crippen molar-refractivity contribution in [1.82, 2.24) is 4.90 Å². The Bertz CT molecular complexity index is 271. The Morgan fingerprint density at radius 3 is 1.90 bits per heavy atom. The minimum Gasteiger partial charge on any atom is -0.379 e. The minimum absolute atomic E-state index is 0.0745. The van der Waals surface area contributed by atoms with E-state index in [1.807, 2.05) is 0 Å². The van der Waals surface area contributed by atoms with E-state index in [1.165, 1.54) is 64.2 Å². The molecule has 1 unspecified atom stereocenters. The van der Waals surface area contributed by atoms with Crippen LogP contribution in [-0.2, 0) is 4.74 Å². The fraction of sp³-hybridized carbons (Fsp3) is 1.00. The molecule has 116 valence electrons. The highest BCUT2D eigenvalue weighted by Gasteiger charge is 2.37. The Labute approximate surface area is 124 Å². The second-order valence-corrected chi connectivity index (χ2v) is 7.42. The van der Waals surface area contributed by atoms with Crippen molar-refractivity contribution < 1.29 is 4.74 Å². The van der Waals surface area contributed by atoms with Crippen LogP contribution in [0, 0.1) is 0 Å². The highest BCUT2D eigenvalue weighted by molar-refractivity contribution is 4.95. The standard InChI is InChI=1S/C17H32N2O/c18-17(11-12-20-14-17)13-19(15-7-3-1-4-8-15)16-9-5-2-6-10-16/h15-16H,1-14,18H2. The molecule has 0 aromatic carbocycles. The predicted octanol–water partition coefficient (Wildman–Crippen LogP) is 3.07. The Balaban J connectivity index is 1.67. The summed E-state index contributed by atoms with van der Waals surface area (Å²) < 4.78 is 5.58. The molecule has 1 atom stereocenters. The van der Waals surface area contributed by atoms with E-state index >= 15 is 0 Å². The fourth-order valence-electron chi connectivity index (χ4n) is 4.49. The van der Waals surface area contributed by atoms with E-state index in [0.29, 0.717) is 0 Å². The molecule has 3 heteroatoms. The zero-order valence-electron chi connectivity index (χ0n) is 13.0. The number of rotatable bonds is 4. The van der Waals surface area contributed by atoms with Crippen LogP contribution in [0.1, 0.15) is 70.6 Å². The third kappa shape index (κ3) is 3.55. The van der Waals surface area contributed by atoms with E-state index < -0.39 is 0 Å². The van der Waals surface area contributed by atoms with Crippen LogP contribution in [0.2, 0.25) is 0 Å². The molecule has 0 aromatic heterocycles. The molecule has 3 fully saturated rings. The van der Waals surface area contributed by atoms with Crippen LogP contribution in [0.25, 0.3) is 0 Å². The van der Waals surface area contributed by atoms with Crippen molar-refractivity contribution in [2.45, 2.75) is 88.3 Å². The third-order valence-electron chi connectivity index (χ3n) is 5.72. The largest absolute Gasteiger partial charge is 0.379 e. The molecule has 20 heavy (non-hydrogen) atoms. The first-order valence-corrected chi connectivity index (χ1v) is 8.89. The van der Waals surface area contributed by atoms with Crippen molar-refractivity contribution in [3.8, 4) is 0 Å². The van der Waals surface area contributed by atoms with Gasteiger partial charge >= 0.3 is 0 Å². The summed E-state index contributed by atoms with van der Waals surface area (Å²) in [5.41, 5.74) is 6.53. The van der Waals surface area contributed by atoms with Crippen molar-refractivity contribution in [2.75, 3.05) is 19.8 Å². The summed E-state index contributed by atoms with van der Waals surface area (Å²) in [5.74, 6) is 0. The van der Waals surface area contributed by atoms with Gasteiger partial charge in [-0.1, -0.05) is 38.5 Å². The van der Waals surface area contributed by atoms with Gasteiger partial charge in [-0.15, -0.1) is 0 Å². The molecule has 1 saturated heterocycles. The van der Waals surface area contributed by atoms with Gasteiger partial charge in [0, 0.05) is 25.2 Å². The number of hydrogen-bond acceptors (Lipinski definition) is 3. The SMILES string of the molecule is NC1(CN(C2CCCCC2)C2CCCCC2)CCOC1. The number of ether oxygens (including phenoxy) is 1. The smallest absolute Gasteiger partial charge is 0.0659 e. The average Bonchev–Trinajstić information content (AvgIpc) is 2.94. The van der Waals surface area contributed by atoms with Crippen LogP contribution in [0.15, 0.2) is 0 Å². The van der Waals surface area contributed by atoms with Crippen molar-refractivity contribution in [1.29, 1.82) is 0 Å². The van der Waals surface area contributed by atoms with Gasteiger partial charge in [0.2, 0.25) is 0 Å². The molecular weight excluding hydrogens is 248 g/mol. The van der Waals surface area contributed by atoms with Gasteiger partial charge in [0.05, 0.1) is 12.1 Å². The molecule has 3 nitrogen and oxygen atoms in total. The molecule has 0 amide bonds. The summed E-state index contributed by atoms with van der Waals surface area (Å²) in [5, 5.41) is 0. The highest BCUT2D eigenvalue weighted by atomic mass is 16.5. The predicted molar refractivity (Wildman–Crippen MR) is 82.8 cm³/mol. The van der Waals surface area contributed by atoms with Gasteiger partial charge in [-0.2, -0.15) is 0 Å². The molecule has 0 spiro atoms. The van der Waals surface area contributed by atoms with Crippen molar-refractivity contribution in [3.63, 3.8) is 0 Å². The molecule has 3 aliphatic rings. The van der Waals surface area contributed by atoms with Crippen molar-refractivity contribution >= 4 is 0 Å². The van der Waals surface area contributed by atoms with Gasteiger partial charge in [0.15, 0.2) is 0 Å². The zero-order chi connectivity index (χ0) is 13.8. The molecule has 1 aliphatic heterocycles. The van der Waals surface area contributed by atoms with Crippen LogP contribution >= 0.6 is 0 Å². The normalized spacial score (nSPS) is 33.9. The number of nitrogens with two attached hydrogens (primary N) is 1. The lowest BCUT2D eigenvalue weighted by Gasteiger charge is -2.44. The van der Waals surface area contributed by atoms with Gasteiger partial charge in [0.25, 0.3) is 0 Å². The summed E-state index contributed by atoms with van der Waals surface area (Å²) in [6.45, 7) is 2.70. The Morgan fingerprint density at radius 2 is 1.45 bits per heavy atom. The third-order valence-corrected chi connectivity index (χ3v) is 5.72.